The van der Waals surface area contributed by atoms with Crippen molar-refractivity contribution in [2.45, 2.75) is 26.1 Å². The number of nitrogens with zero attached hydrogens (tertiary/aromatic N) is 1. The molecule has 100 valence electrons. The van der Waals surface area contributed by atoms with E-state index in [2.05, 4.69) is 4.98 Å². The number of hydrogen-bond acceptors (Lipinski definition) is 5. The van der Waals surface area contributed by atoms with Crippen LogP contribution in [0.1, 0.15) is 19.4 Å². The minimum absolute atomic E-state index is 0.0777. The fourth-order valence-corrected chi connectivity index (χ4v) is 1.61. The van der Waals surface area contributed by atoms with Crippen LogP contribution in [-0.2, 0) is 25.5 Å². The Labute approximate surface area is 109 Å². The number of esters is 2. The molecule has 5 nitrogen and oxygen atoms in total. The lowest BCUT2D eigenvalue weighted by Crippen LogP contribution is -2.41. The number of cyclic esters (lactones) is 2. The Morgan fingerprint density at radius 2 is 1.95 bits per heavy atom. The summed E-state index contributed by atoms with van der Waals surface area (Å²) >= 11 is 0. The monoisotopic (exact) mass is 265 g/mol. The highest BCUT2D eigenvalue weighted by molar-refractivity contribution is 6.15. The highest BCUT2D eigenvalue weighted by atomic mass is 19.1. The molecule has 1 aliphatic heterocycles. The summed E-state index contributed by atoms with van der Waals surface area (Å²) in [6.45, 7) is 2.92. The van der Waals surface area contributed by atoms with Gasteiger partial charge in [0, 0.05) is 20.0 Å². The van der Waals surface area contributed by atoms with Gasteiger partial charge in [0.1, 0.15) is 11.4 Å². The first kappa shape index (κ1) is 13.2. The van der Waals surface area contributed by atoms with Gasteiger partial charge in [0.05, 0.1) is 6.20 Å². The van der Waals surface area contributed by atoms with Crippen molar-refractivity contribution in [3.8, 4) is 0 Å². The van der Waals surface area contributed by atoms with Gasteiger partial charge in [0.2, 0.25) is 0 Å². The zero-order valence-electron chi connectivity index (χ0n) is 10.5. The smallest absolute Gasteiger partial charge is 0.348 e. The molecule has 1 aromatic heterocycles. The van der Waals surface area contributed by atoms with Crippen molar-refractivity contribution in [1.29, 1.82) is 0 Å². The van der Waals surface area contributed by atoms with E-state index in [1.807, 2.05) is 0 Å². The highest BCUT2D eigenvalue weighted by Crippen LogP contribution is 2.23. The molecule has 0 aromatic carbocycles. The van der Waals surface area contributed by atoms with Crippen LogP contribution in [0.2, 0.25) is 0 Å². The molecule has 1 saturated heterocycles. The van der Waals surface area contributed by atoms with Crippen LogP contribution in [-0.4, -0.2) is 22.7 Å². The van der Waals surface area contributed by atoms with Crippen molar-refractivity contribution in [1.82, 2.24) is 4.98 Å². The molecule has 0 radical (unpaired) electrons. The number of carbonyl (C=O) groups is 2. The van der Waals surface area contributed by atoms with Gasteiger partial charge in [-0.3, -0.25) is 4.98 Å². The van der Waals surface area contributed by atoms with E-state index in [4.69, 9.17) is 9.47 Å². The summed E-state index contributed by atoms with van der Waals surface area (Å²) in [5.74, 6) is -3.31. The van der Waals surface area contributed by atoms with E-state index < -0.39 is 23.5 Å². The van der Waals surface area contributed by atoms with Gasteiger partial charge in [-0.25, -0.2) is 14.0 Å². The molecule has 19 heavy (non-hydrogen) atoms. The van der Waals surface area contributed by atoms with Crippen LogP contribution < -0.4 is 0 Å². The second-order valence-corrected chi connectivity index (χ2v) is 4.47. The molecule has 0 bridgehead atoms. The summed E-state index contributed by atoms with van der Waals surface area (Å²) < 4.78 is 23.2. The number of ether oxygens (including phenoxy) is 2. The molecule has 1 fully saturated rings. The van der Waals surface area contributed by atoms with Crippen LogP contribution in [0.3, 0.4) is 0 Å². The van der Waals surface area contributed by atoms with E-state index in [0.717, 1.165) is 6.20 Å². The van der Waals surface area contributed by atoms with Crippen molar-refractivity contribution in [3.05, 3.63) is 41.5 Å². The lowest BCUT2D eigenvalue weighted by molar-refractivity contribution is -0.222. The maximum Gasteiger partial charge on any atom is 0.348 e. The van der Waals surface area contributed by atoms with Gasteiger partial charge in [0.25, 0.3) is 5.79 Å². The number of rotatable bonds is 2. The molecular weight excluding hydrogens is 253 g/mol. The summed E-state index contributed by atoms with van der Waals surface area (Å²) in [7, 11) is 0. The summed E-state index contributed by atoms with van der Waals surface area (Å²) in [5, 5.41) is 0. The molecule has 2 rings (SSSR count). The fourth-order valence-electron chi connectivity index (χ4n) is 1.61. The minimum Gasteiger partial charge on any atom is -0.419 e. The summed E-state index contributed by atoms with van der Waals surface area (Å²) in [4.78, 5) is 26.9. The molecule has 0 aliphatic carbocycles. The Balaban J connectivity index is 2.18. The quantitative estimate of drug-likeness (QED) is 0.461. The van der Waals surface area contributed by atoms with Gasteiger partial charge in [-0.05, 0) is 18.1 Å². The maximum atomic E-state index is 13.3. The first-order valence-electron chi connectivity index (χ1n) is 5.64. The van der Waals surface area contributed by atoms with Crippen molar-refractivity contribution in [3.63, 3.8) is 0 Å². The average Bonchev–Trinajstić information content (AvgIpc) is 2.28. The normalized spacial score (nSPS) is 17.7. The van der Waals surface area contributed by atoms with Gasteiger partial charge < -0.3 is 9.47 Å². The largest absolute Gasteiger partial charge is 0.419 e. The molecule has 1 aliphatic rings. The van der Waals surface area contributed by atoms with Crippen molar-refractivity contribution in [2.24, 2.45) is 0 Å². The molecule has 0 amide bonds. The predicted molar refractivity (Wildman–Crippen MR) is 62.2 cm³/mol. The van der Waals surface area contributed by atoms with Crippen LogP contribution in [0.15, 0.2) is 30.1 Å². The lowest BCUT2D eigenvalue weighted by atomic mass is 10.1. The van der Waals surface area contributed by atoms with E-state index in [1.54, 1.807) is 0 Å². The van der Waals surface area contributed by atoms with E-state index in [1.165, 1.54) is 32.2 Å². The summed E-state index contributed by atoms with van der Waals surface area (Å²) in [5.41, 5.74) is 0.100. The van der Waals surface area contributed by atoms with Crippen molar-refractivity contribution >= 4 is 11.9 Å². The van der Waals surface area contributed by atoms with Gasteiger partial charge in [0.15, 0.2) is 0 Å². The van der Waals surface area contributed by atoms with Crippen LogP contribution >= 0.6 is 0 Å². The maximum absolute atomic E-state index is 13.3. The minimum atomic E-state index is -1.27. The third-order valence-electron chi connectivity index (χ3n) is 2.50. The first-order valence-corrected chi connectivity index (χ1v) is 5.64. The van der Waals surface area contributed by atoms with E-state index in [9.17, 15) is 14.0 Å². The van der Waals surface area contributed by atoms with E-state index >= 15 is 0 Å². The molecule has 0 atom stereocenters. The van der Waals surface area contributed by atoms with E-state index in [-0.39, 0.29) is 12.0 Å². The second kappa shape index (κ2) is 4.79. The third-order valence-corrected chi connectivity index (χ3v) is 2.50. The van der Waals surface area contributed by atoms with Gasteiger partial charge in [-0.1, -0.05) is 6.08 Å². The predicted octanol–water partition coefficient (Wildman–Crippen LogP) is 1.53. The van der Waals surface area contributed by atoms with Crippen molar-refractivity contribution < 1.29 is 23.5 Å². The summed E-state index contributed by atoms with van der Waals surface area (Å²) in [6, 6.07) is 1.47. The number of aromatic nitrogens is 1. The molecule has 1 aromatic rings. The van der Waals surface area contributed by atoms with E-state index in [0.29, 0.717) is 5.56 Å². The summed E-state index contributed by atoms with van der Waals surface area (Å²) in [6.07, 6.45) is 3.86. The molecule has 0 unspecified atom stereocenters. The number of pyridine rings is 1. The lowest BCUT2D eigenvalue weighted by Gasteiger charge is -2.29. The Morgan fingerprint density at radius 1 is 1.32 bits per heavy atom. The molecular formula is C13H12FNO4. The third kappa shape index (κ3) is 2.96. The van der Waals surface area contributed by atoms with Gasteiger partial charge in [-0.15, -0.1) is 0 Å². The number of carbonyl (C=O) groups excluding carboxylic acids is 2. The van der Waals surface area contributed by atoms with Gasteiger partial charge >= 0.3 is 11.9 Å². The molecule has 0 saturated carbocycles. The number of allylic oxidation sites excluding steroid dienone is 1. The fraction of sp³-hybridized carbons (Fsp3) is 0.308. The van der Waals surface area contributed by atoms with Crippen molar-refractivity contribution in [2.75, 3.05) is 0 Å². The Morgan fingerprint density at radius 3 is 2.53 bits per heavy atom. The topological polar surface area (TPSA) is 65.5 Å². The standard InChI is InChI=1S/C13H12FNO4/c1-13(2)18-11(16)9(12(17)19-13)4-3-8-5-6-15-7-10(8)14/h4-7H,3H2,1-2H3. The molecule has 6 heteroatoms. The molecule has 0 spiro atoms. The zero-order valence-corrected chi connectivity index (χ0v) is 10.5. The molecule has 0 N–H and O–H groups in total. The van der Waals surface area contributed by atoms with Gasteiger partial charge in [-0.2, -0.15) is 0 Å². The van der Waals surface area contributed by atoms with Crippen LogP contribution in [0.5, 0.6) is 0 Å². The van der Waals surface area contributed by atoms with Crippen LogP contribution in [0, 0.1) is 5.82 Å². The SMILES string of the molecule is CC1(C)OC(=O)C(=CCc2ccncc2F)C(=O)O1. The first-order chi connectivity index (χ1) is 8.89. The second-order valence-electron chi connectivity index (χ2n) is 4.47. The number of hydrogen-bond donors (Lipinski definition) is 0. The zero-order chi connectivity index (χ0) is 14.0. The Kier molecular flexibility index (Phi) is 3.33. The Hall–Kier alpha value is -2.24. The number of halogens is 1. The highest BCUT2D eigenvalue weighted by Gasteiger charge is 2.38. The van der Waals surface area contributed by atoms with Crippen LogP contribution in [0.4, 0.5) is 4.39 Å². The van der Waals surface area contributed by atoms with Crippen LogP contribution in [0.25, 0.3) is 0 Å². The average molecular weight is 265 g/mol. The Bertz CT molecular complexity index is 544. The molecule has 2 heterocycles.